The van der Waals surface area contributed by atoms with E-state index in [0.29, 0.717) is 12.0 Å². The second-order valence-electron chi connectivity index (χ2n) is 3.86. The van der Waals surface area contributed by atoms with E-state index in [1.165, 1.54) is 19.3 Å². The monoisotopic (exact) mass is 198 g/mol. The summed E-state index contributed by atoms with van der Waals surface area (Å²) in [6.07, 6.45) is 6.41. The summed E-state index contributed by atoms with van der Waals surface area (Å²) in [7, 11) is 0. The van der Waals surface area contributed by atoms with Crippen LogP contribution in [0.4, 0.5) is 0 Å². The van der Waals surface area contributed by atoms with Gasteiger partial charge in [-0.05, 0) is 18.8 Å². The van der Waals surface area contributed by atoms with Crippen molar-refractivity contribution >= 4 is 5.97 Å². The topological polar surface area (TPSA) is 37.3 Å². The van der Waals surface area contributed by atoms with Crippen molar-refractivity contribution in [2.45, 2.75) is 52.4 Å². The molecule has 0 aromatic heterocycles. The van der Waals surface area contributed by atoms with Crippen molar-refractivity contribution in [3.05, 3.63) is 12.2 Å². The van der Waals surface area contributed by atoms with E-state index in [4.69, 9.17) is 5.11 Å². The van der Waals surface area contributed by atoms with E-state index in [1.54, 1.807) is 0 Å². The summed E-state index contributed by atoms with van der Waals surface area (Å²) in [5.74, 6) is -0.0878. The Morgan fingerprint density at radius 2 is 2.00 bits per heavy atom. The number of aliphatic carboxylic acids is 1. The first-order valence-corrected chi connectivity index (χ1v) is 5.52. The predicted molar refractivity (Wildman–Crippen MR) is 59.3 cm³/mol. The number of hydrogen-bond acceptors (Lipinski definition) is 1. The number of carbonyl (C=O) groups is 1. The maximum Gasteiger partial charge on any atom is 0.330 e. The average molecular weight is 198 g/mol. The smallest absolute Gasteiger partial charge is 0.330 e. The molecule has 0 bridgehead atoms. The van der Waals surface area contributed by atoms with Gasteiger partial charge in [0.25, 0.3) is 0 Å². The van der Waals surface area contributed by atoms with Crippen molar-refractivity contribution in [3.8, 4) is 0 Å². The van der Waals surface area contributed by atoms with Crippen LogP contribution in [0.1, 0.15) is 52.4 Å². The number of rotatable bonds is 8. The first kappa shape index (κ1) is 13.2. The summed E-state index contributed by atoms with van der Waals surface area (Å²) in [5, 5.41) is 8.61. The van der Waals surface area contributed by atoms with Crippen molar-refractivity contribution in [1.82, 2.24) is 0 Å². The highest BCUT2D eigenvalue weighted by Gasteiger charge is 2.07. The third-order valence-corrected chi connectivity index (χ3v) is 2.67. The zero-order chi connectivity index (χ0) is 11.0. The molecular formula is C12H22O2. The van der Waals surface area contributed by atoms with E-state index in [1.807, 2.05) is 0 Å². The summed E-state index contributed by atoms with van der Waals surface area (Å²) in [6.45, 7) is 7.92. The average Bonchev–Trinajstić information content (AvgIpc) is 2.16. The molecule has 2 heteroatoms. The number of carboxylic acids is 1. The van der Waals surface area contributed by atoms with Crippen LogP contribution in [0.15, 0.2) is 12.2 Å². The second-order valence-corrected chi connectivity index (χ2v) is 3.86. The molecule has 1 unspecified atom stereocenters. The lowest BCUT2D eigenvalue weighted by molar-refractivity contribution is -0.132. The third-order valence-electron chi connectivity index (χ3n) is 2.67. The molecule has 1 atom stereocenters. The number of carboxylic acid groups (broad SMARTS) is 1. The Kier molecular flexibility index (Phi) is 7.17. The van der Waals surface area contributed by atoms with E-state index in [-0.39, 0.29) is 0 Å². The van der Waals surface area contributed by atoms with Crippen LogP contribution >= 0.6 is 0 Å². The van der Waals surface area contributed by atoms with E-state index in [2.05, 4.69) is 20.4 Å². The van der Waals surface area contributed by atoms with Gasteiger partial charge in [0.05, 0.1) is 0 Å². The lowest BCUT2D eigenvalue weighted by Crippen LogP contribution is -2.02. The SMILES string of the molecule is C=C(CCCC(CC)CCC)C(=O)O. The summed E-state index contributed by atoms with van der Waals surface area (Å²) < 4.78 is 0. The highest BCUT2D eigenvalue weighted by molar-refractivity contribution is 5.85. The fourth-order valence-electron chi connectivity index (χ4n) is 1.67. The molecule has 0 aliphatic rings. The van der Waals surface area contributed by atoms with Gasteiger partial charge in [0, 0.05) is 5.57 Å². The Morgan fingerprint density at radius 1 is 1.36 bits per heavy atom. The Hall–Kier alpha value is -0.790. The first-order valence-electron chi connectivity index (χ1n) is 5.52. The summed E-state index contributed by atoms with van der Waals surface area (Å²) in [4.78, 5) is 10.5. The summed E-state index contributed by atoms with van der Waals surface area (Å²) >= 11 is 0. The summed E-state index contributed by atoms with van der Waals surface area (Å²) in [6, 6.07) is 0. The molecule has 0 amide bonds. The van der Waals surface area contributed by atoms with E-state index in [9.17, 15) is 4.79 Å². The molecule has 1 N–H and O–H groups in total. The molecule has 0 spiro atoms. The molecule has 0 saturated carbocycles. The molecule has 0 rings (SSSR count). The van der Waals surface area contributed by atoms with Gasteiger partial charge in [0.1, 0.15) is 0 Å². The van der Waals surface area contributed by atoms with E-state index >= 15 is 0 Å². The van der Waals surface area contributed by atoms with Crippen molar-refractivity contribution < 1.29 is 9.90 Å². The molecule has 0 aromatic carbocycles. The molecule has 0 radical (unpaired) electrons. The Bertz CT molecular complexity index is 185. The van der Waals surface area contributed by atoms with Crippen LogP contribution in [-0.4, -0.2) is 11.1 Å². The fourth-order valence-corrected chi connectivity index (χ4v) is 1.67. The zero-order valence-corrected chi connectivity index (χ0v) is 9.38. The molecular weight excluding hydrogens is 176 g/mol. The maximum absolute atomic E-state index is 10.5. The summed E-state index contributed by atoms with van der Waals surface area (Å²) in [5.41, 5.74) is 0.344. The van der Waals surface area contributed by atoms with Gasteiger partial charge in [-0.15, -0.1) is 0 Å². The minimum absolute atomic E-state index is 0.344. The van der Waals surface area contributed by atoms with E-state index < -0.39 is 5.97 Å². The standard InChI is InChI=1S/C12H22O2/c1-4-7-11(5-2)9-6-8-10(3)12(13)14/h11H,3-9H2,1-2H3,(H,13,14). The van der Waals surface area contributed by atoms with Crippen molar-refractivity contribution in [3.63, 3.8) is 0 Å². The molecule has 0 heterocycles. The first-order chi connectivity index (χ1) is 6.61. The molecule has 2 nitrogen and oxygen atoms in total. The number of hydrogen-bond donors (Lipinski definition) is 1. The Morgan fingerprint density at radius 3 is 2.43 bits per heavy atom. The van der Waals surface area contributed by atoms with Crippen LogP contribution in [0.25, 0.3) is 0 Å². The van der Waals surface area contributed by atoms with Crippen LogP contribution < -0.4 is 0 Å². The minimum Gasteiger partial charge on any atom is -0.478 e. The van der Waals surface area contributed by atoms with Crippen LogP contribution in [-0.2, 0) is 4.79 Å². The van der Waals surface area contributed by atoms with Crippen molar-refractivity contribution in [1.29, 1.82) is 0 Å². The molecule has 0 aromatic rings. The molecule has 14 heavy (non-hydrogen) atoms. The molecule has 0 aliphatic carbocycles. The molecule has 0 aliphatic heterocycles. The molecule has 0 fully saturated rings. The third kappa shape index (κ3) is 5.79. The highest BCUT2D eigenvalue weighted by Crippen LogP contribution is 2.19. The highest BCUT2D eigenvalue weighted by atomic mass is 16.4. The van der Waals surface area contributed by atoms with Gasteiger partial charge in [0.2, 0.25) is 0 Å². The largest absolute Gasteiger partial charge is 0.478 e. The van der Waals surface area contributed by atoms with Crippen molar-refractivity contribution in [2.75, 3.05) is 0 Å². The van der Waals surface area contributed by atoms with Crippen LogP contribution in [0.3, 0.4) is 0 Å². The predicted octanol–water partition coefficient (Wildman–Crippen LogP) is 3.62. The Balaban J connectivity index is 3.60. The lowest BCUT2D eigenvalue weighted by Gasteiger charge is -2.12. The van der Waals surface area contributed by atoms with Gasteiger partial charge < -0.3 is 5.11 Å². The fraction of sp³-hybridized carbons (Fsp3) is 0.750. The minimum atomic E-state index is -0.853. The van der Waals surface area contributed by atoms with E-state index in [0.717, 1.165) is 18.8 Å². The van der Waals surface area contributed by atoms with Crippen LogP contribution in [0.5, 0.6) is 0 Å². The molecule has 82 valence electrons. The lowest BCUT2D eigenvalue weighted by atomic mass is 9.93. The van der Waals surface area contributed by atoms with Crippen LogP contribution in [0, 0.1) is 5.92 Å². The second kappa shape index (κ2) is 7.60. The van der Waals surface area contributed by atoms with Gasteiger partial charge in [-0.25, -0.2) is 4.79 Å². The van der Waals surface area contributed by atoms with Crippen molar-refractivity contribution in [2.24, 2.45) is 5.92 Å². The Labute approximate surface area is 87.0 Å². The van der Waals surface area contributed by atoms with Gasteiger partial charge in [-0.2, -0.15) is 0 Å². The maximum atomic E-state index is 10.5. The zero-order valence-electron chi connectivity index (χ0n) is 9.38. The van der Waals surface area contributed by atoms with Gasteiger partial charge in [-0.1, -0.05) is 46.1 Å². The van der Waals surface area contributed by atoms with Gasteiger partial charge >= 0.3 is 5.97 Å². The normalized spacial score (nSPS) is 12.4. The van der Waals surface area contributed by atoms with Gasteiger partial charge in [0.15, 0.2) is 0 Å². The van der Waals surface area contributed by atoms with Crippen LogP contribution in [0.2, 0.25) is 0 Å². The van der Waals surface area contributed by atoms with Gasteiger partial charge in [-0.3, -0.25) is 0 Å². The molecule has 0 saturated heterocycles. The quantitative estimate of drug-likeness (QED) is 0.605.